The van der Waals surface area contributed by atoms with E-state index in [0.717, 1.165) is 53.1 Å². The van der Waals surface area contributed by atoms with Gasteiger partial charge in [-0.2, -0.15) is 0 Å². The van der Waals surface area contributed by atoms with Crippen LogP contribution in [0.5, 0.6) is 5.75 Å². The summed E-state index contributed by atoms with van der Waals surface area (Å²) in [6, 6.07) is 24.6. The number of fused-ring (bicyclic) bond motifs is 1. The fraction of sp³-hybridized carbons (Fsp3) is 0.333. The minimum absolute atomic E-state index is 0.0599. The number of aryl methyl sites for hydroxylation is 2. The molecule has 0 aliphatic rings. The van der Waals surface area contributed by atoms with Crippen LogP contribution in [0.2, 0.25) is 0 Å². The lowest BCUT2D eigenvalue weighted by Gasteiger charge is -2.12. The standard InChI is InChI=1S/C30H35N3O2/c1-22(2)24-14-16-26(17-15-24)35-20-19-33-28-12-7-6-11-27(28)32-29(33)13-8-18-31-30(34)21-25-10-5-4-9-23(25)3/h4-7,9-12,14-17,22H,8,13,18-21H2,1-3H3,(H,31,34). The van der Waals surface area contributed by atoms with Crippen molar-refractivity contribution in [3.8, 4) is 5.75 Å². The molecule has 0 aliphatic heterocycles. The Bertz CT molecular complexity index is 1260. The number of benzene rings is 3. The summed E-state index contributed by atoms with van der Waals surface area (Å²) in [4.78, 5) is 17.2. The predicted octanol–water partition coefficient (Wildman–Crippen LogP) is 5.84. The molecule has 0 unspecified atom stereocenters. The van der Waals surface area contributed by atoms with Crippen molar-refractivity contribution in [2.45, 2.75) is 52.5 Å². The van der Waals surface area contributed by atoms with Crippen LogP contribution in [0.25, 0.3) is 11.0 Å². The van der Waals surface area contributed by atoms with Crippen molar-refractivity contribution in [3.05, 3.63) is 95.3 Å². The third kappa shape index (κ3) is 6.50. The van der Waals surface area contributed by atoms with E-state index in [1.165, 1.54) is 5.56 Å². The molecule has 0 radical (unpaired) electrons. The SMILES string of the molecule is Cc1ccccc1CC(=O)NCCCc1nc2ccccc2n1CCOc1ccc(C(C)C)cc1. The molecule has 3 aromatic carbocycles. The minimum Gasteiger partial charge on any atom is -0.492 e. The highest BCUT2D eigenvalue weighted by Gasteiger charge is 2.11. The molecule has 1 N–H and O–H groups in total. The summed E-state index contributed by atoms with van der Waals surface area (Å²) in [6.07, 6.45) is 2.05. The van der Waals surface area contributed by atoms with Crippen molar-refractivity contribution >= 4 is 16.9 Å². The zero-order valence-corrected chi connectivity index (χ0v) is 21.0. The quantitative estimate of drug-likeness (QED) is 0.281. The van der Waals surface area contributed by atoms with Crippen LogP contribution in [-0.4, -0.2) is 28.6 Å². The predicted molar refractivity (Wildman–Crippen MR) is 142 cm³/mol. The molecule has 35 heavy (non-hydrogen) atoms. The molecule has 182 valence electrons. The van der Waals surface area contributed by atoms with E-state index in [1.807, 2.05) is 61.5 Å². The van der Waals surface area contributed by atoms with Crippen LogP contribution in [0.3, 0.4) is 0 Å². The van der Waals surface area contributed by atoms with E-state index in [2.05, 4.69) is 41.9 Å². The minimum atomic E-state index is 0.0599. The maximum atomic E-state index is 12.4. The van der Waals surface area contributed by atoms with Gasteiger partial charge in [0, 0.05) is 13.0 Å². The van der Waals surface area contributed by atoms with Gasteiger partial charge in [-0.1, -0.05) is 62.4 Å². The van der Waals surface area contributed by atoms with Gasteiger partial charge in [0.25, 0.3) is 0 Å². The maximum absolute atomic E-state index is 12.4. The smallest absolute Gasteiger partial charge is 0.224 e. The Morgan fingerprint density at radius 1 is 1.00 bits per heavy atom. The summed E-state index contributed by atoms with van der Waals surface area (Å²) < 4.78 is 8.28. The van der Waals surface area contributed by atoms with Gasteiger partial charge < -0.3 is 14.6 Å². The van der Waals surface area contributed by atoms with E-state index < -0.39 is 0 Å². The lowest BCUT2D eigenvalue weighted by atomic mass is 10.0. The van der Waals surface area contributed by atoms with Gasteiger partial charge in [0.1, 0.15) is 18.2 Å². The van der Waals surface area contributed by atoms with Crippen LogP contribution in [0.15, 0.2) is 72.8 Å². The normalized spacial score (nSPS) is 11.2. The maximum Gasteiger partial charge on any atom is 0.224 e. The summed E-state index contributed by atoms with van der Waals surface area (Å²) in [5, 5.41) is 3.06. The summed E-state index contributed by atoms with van der Waals surface area (Å²) in [6.45, 7) is 8.35. The Balaban J connectivity index is 1.32. The van der Waals surface area contributed by atoms with E-state index in [1.54, 1.807) is 0 Å². The van der Waals surface area contributed by atoms with Crippen LogP contribution < -0.4 is 10.1 Å². The second-order valence-electron chi connectivity index (χ2n) is 9.30. The van der Waals surface area contributed by atoms with E-state index >= 15 is 0 Å². The summed E-state index contributed by atoms with van der Waals surface area (Å²) in [5.41, 5.74) is 5.64. The van der Waals surface area contributed by atoms with Crippen molar-refractivity contribution in [2.75, 3.05) is 13.2 Å². The monoisotopic (exact) mass is 469 g/mol. The number of nitrogens with one attached hydrogen (secondary N) is 1. The highest BCUT2D eigenvalue weighted by Crippen LogP contribution is 2.20. The van der Waals surface area contributed by atoms with Crippen molar-refractivity contribution in [2.24, 2.45) is 0 Å². The molecule has 0 fully saturated rings. The van der Waals surface area contributed by atoms with Crippen molar-refractivity contribution in [1.29, 1.82) is 0 Å². The van der Waals surface area contributed by atoms with Crippen molar-refractivity contribution < 1.29 is 9.53 Å². The number of carbonyl (C=O) groups excluding carboxylic acids is 1. The molecule has 0 aliphatic carbocycles. The number of hydrogen-bond acceptors (Lipinski definition) is 3. The van der Waals surface area contributed by atoms with Crippen molar-refractivity contribution in [3.63, 3.8) is 0 Å². The van der Waals surface area contributed by atoms with Gasteiger partial charge in [-0.05, 0) is 60.2 Å². The molecule has 0 bridgehead atoms. The van der Waals surface area contributed by atoms with Crippen LogP contribution in [-0.2, 0) is 24.2 Å². The zero-order valence-electron chi connectivity index (χ0n) is 21.0. The topological polar surface area (TPSA) is 56.2 Å². The fourth-order valence-electron chi connectivity index (χ4n) is 4.29. The number of para-hydroxylation sites is 2. The molecule has 4 rings (SSSR count). The molecule has 1 amide bonds. The number of carbonyl (C=O) groups is 1. The number of amides is 1. The van der Waals surface area contributed by atoms with E-state index in [9.17, 15) is 4.79 Å². The van der Waals surface area contributed by atoms with Crippen molar-refractivity contribution in [1.82, 2.24) is 14.9 Å². The molecular weight excluding hydrogens is 434 g/mol. The third-order valence-corrected chi connectivity index (χ3v) is 6.38. The zero-order chi connectivity index (χ0) is 24.6. The van der Waals surface area contributed by atoms with Gasteiger partial charge in [-0.15, -0.1) is 0 Å². The second kappa shape index (κ2) is 11.7. The first-order chi connectivity index (χ1) is 17.0. The second-order valence-corrected chi connectivity index (χ2v) is 9.30. The van der Waals surface area contributed by atoms with Crippen LogP contribution in [0, 0.1) is 6.92 Å². The Labute approximate surface area is 208 Å². The van der Waals surface area contributed by atoms with Crippen LogP contribution >= 0.6 is 0 Å². The number of rotatable bonds is 11. The average molecular weight is 470 g/mol. The van der Waals surface area contributed by atoms with E-state index in [0.29, 0.717) is 25.5 Å². The largest absolute Gasteiger partial charge is 0.492 e. The van der Waals surface area contributed by atoms with Gasteiger partial charge in [0.05, 0.1) is 24.0 Å². The fourth-order valence-corrected chi connectivity index (χ4v) is 4.29. The Morgan fingerprint density at radius 3 is 2.51 bits per heavy atom. The number of hydrogen-bond donors (Lipinski definition) is 1. The molecule has 1 heterocycles. The van der Waals surface area contributed by atoms with Gasteiger partial charge in [-0.3, -0.25) is 4.79 Å². The Morgan fingerprint density at radius 2 is 1.74 bits per heavy atom. The van der Waals surface area contributed by atoms with Gasteiger partial charge in [0.2, 0.25) is 5.91 Å². The first kappa shape index (κ1) is 24.5. The van der Waals surface area contributed by atoms with Gasteiger partial charge in [-0.25, -0.2) is 4.98 Å². The van der Waals surface area contributed by atoms with Gasteiger partial charge >= 0.3 is 0 Å². The number of imidazole rings is 1. The van der Waals surface area contributed by atoms with E-state index in [-0.39, 0.29) is 5.91 Å². The molecular formula is C30H35N3O2. The summed E-state index contributed by atoms with van der Waals surface area (Å²) in [5.74, 6) is 2.48. The molecule has 0 spiro atoms. The molecule has 1 aromatic heterocycles. The van der Waals surface area contributed by atoms with Crippen LogP contribution in [0.1, 0.15) is 48.7 Å². The highest BCUT2D eigenvalue weighted by atomic mass is 16.5. The first-order valence-electron chi connectivity index (χ1n) is 12.5. The van der Waals surface area contributed by atoms with Crippen LogP contribution in [0.4, 0.5) is 0 Å². The molecule has 0 saturated heterocycles. The Hall–Kier alpha value is -3.60. The molecule has 5 nitrogen and oxygen atoms in total. The highest BCUT2D eigenvalue weighted by molar-refractivity contribution is 5.79. The lowest BCUT2D eigenvalue weighted by molar-refractivity contribution is -0.120. The lowest BCUT2D eigenvalue weighted by Crippen LogP contribution is -2.26. The number of aromatic nitrogens is 2. The Kier molecular flexibility index (Phi) is 8.19. The van der Waals surface area contributed by atoms with Gasteiger partial charge in [0.15, 0.2) is 0 Å². The number of nitrogens with zero attached hydrogens (tertiary/aromatic N) is 2. The third-order valence-electron chi connectivity index (χ3n) is 6.38. The number of ether oxygens (including phenoxy) is 1. The molecule has 0 saturated carbocycles. The summed E-state index contributed by atoms with van der Waals surface area (Å²) >= 11 is 0. The summed E-state index contributed by atoms with van der Waals surface area (Å²) in [7, 11) is 0. The molecule has 4 aromatic rings. The molecule has 5 heteroatoms. The molecule has 0 atom stereocenters. The van der Waals surface area contributed by atoms with E-state index in [4.69, 9.17) is 9.72 Å². The first-order valence-corrected chi connectivity index (χ1v) is 12.5. The average Bonchev–Trinajstić information content (AvgIpc) is 3.21.